The summed E-state index contributed by atoms with van der Waals surface area (Å²) >= 11 is 17.8. The first kappa shape index (κ1) is 24.7. The van der Waals surface area contributed by atoms with Crippen molar-refractivity contribution in [1.29, 1.82) is 0 Å². The second-order valence-electron chi connectivity index (χ2n) is 6.71. The minimum atomic E-state index is -0.440. The number of nitrogens with one attached hydrogen (secondary N) is 1. The molecule has 0 spiro atoms. The molecule has 0 unspecified atom stereocenters. The molecule has 0 fully saturated rings. The van der Waals surface area contributed by atoms with Crippen LogP contribution >= 0.6 is 34.8 Å². The van der Waals surface area contributed by atoms with E-state index in [-0.39, 0.29) is 6.61 Å². The molecule has 33 heavy (non-hydrogen) atoms. The number of nitrogens with zero attached hydrogens (tertiary/aromatic N) is 1. The highest BCUT2D eigenvalue weighted by Gasteiger charge is 2.08. The van der Waals surface area contributed by atoms with Crippen LogP contribution in [0, 0.1) is 0 Å². The highest BCUT2D eigenvalue weighted by molar-refractivity contribution is 6.35. The van der Waals surface area contributed by atoms with E-state index in [1.807, 2.05) is 31.2 Å². The molecule has 0 atom stereocenters. The van der Waals surface area contributed by atoms with Crippen molar-refractivity contribution in [2.45, 2.75) is 13.5 Å². The standard InChI is InChI=1S/C24H21Cl3N2O4/c1-2-31-23-11-17(5-9-22(23)32-14-16-3-6-18(25)7-4-16)13-28-29-24(30)15-33-21-10-8-19(26)12-20(21)27/h3-13H,2,14-15H2,1H3,(H,29,30)/b28-13+. The Morgan fingerprint density at radius 2 is 1.61 bits per heavy atom. The lowest BCUT2D eigenvalue weighted by Crippen LogP contribution is -2.24. The van der Waals surface area contributed by atoms with Crippen LogP contribution in [0.5, 0.6) is 17.2 Å². The molecule has 0 radical (unpaired) electrons. The summed E-state index contributed by atoms with van der Waals surface area (Å²) in [5.74, 6) is 1.09. The molecular weight excluding hydrogens is 487 g/mol. The number of carbonyl (C=O) groups excluding carboxylic acids is 1. The summed E-state index contributed by atoms with van der Waals surface area (Å²) in [5, 5.41) is 5.43. The Balaban J connectivity index is 1.55. The summed E-state index contributed by atoms with van der Waals surface area (Å²) < 4.78 is 16.9. The van der Waals surface area contributed by atoms with Crippen LogP contribution in [-0.2, 0) is 11.4 Å². The molecule has 0 saturated carbocycles. The fourth-order valence-corrected chi connectivity index (χ4v) is 3.27. The van der Waals surface area contributed by atoms with Crippen LogP contribution < -0.4 is 19.6 Å². The molecule has 0 heterocycles. The van der Waals surface area contributed by atoms with E-state index in [0.29, 0.717) is 45.5 Å². The smallest absolute Gasteiger partial charge is 0.277 e. The third kappa shape index (κ3) is 7.86. The van der Waals surface area contributed by atoms with Crippen molar-refractivity contribution in [3.63, 3.8) is 0 Å². The summed E-state index contributed by atoms with van der Waals surface area (Å²) in [6.45, 7) is 2.48. The second-order valence-corrected chi connectivity index (χ2v) is 7.99. The lowest BCUT2D eigenvalue weighted by atomic mass is 10.2. The third-order valence-electron chi connectivity index (χ3n) is 4.23. The largest absolute Gasteiger partial charge is 0.490 e. The number of carbonyl (C=O) groups is 1. The van der Waals surface area contributed by atoms with Gasteiger partial charge in [-0.2, -0.15) is 5.10 Å². The van der Waals surface area contributed by atoms with Crippen molar-refractivity contribution < 1.29 is 19.0 Å². The van der Waals surface area contributed by atoms with Crippen LogP contribution in [-0.4, -0.2) is 25.3 Å². The van der Waals surface area contributed by atoms with Gasteiger partial charge in [-0.1, -0.05) is 46.9 Å². The Morgan fingerprint density at radius 1 is 0.879 bits per heavy atom. The fraction of sp³-hybridized carbons (Fsp3) is 0.167. The number of hydrogen-bond acceptors (Lipinski definition) is 5. The molecule has 0 aromatic heterocycles. The summed E-state index contributed by atoms with van der Waals surface area (Å²) in [7, 11) is 0. The predicted molar refractivity (Wildman–Crippen MR) is 131 cm³/mol. The average Bonchev–Trinajstić information content (AvgIpc) is 2.79. The summed E-state index contributed by atoms with van der Waals surface area (Å²) in [5.41, 5.74) is 4.11. The first-order chi connectivity index (χ1) is 15.9. The lowest BCUT2D eigenvalue weighted by Gasteiger charge is -2.12. The van der Waals surface area contributed by atoms with E-state index in [1.54, 1.807) is 30.3 Å². The average molecular weight is 508 g/mol. The molecule has 0 bridgehead atoms. The second kappa shape index (κ2) is 12.3. The van der Waals surface area contributed by atoms with Gasteiger partial charge in [0.25, 0.3) is 5.91 Å². The number of hydrogen-bond donors (Lipinski definition) is 1. The van der Waals surface area contributed by atoms with E-state index < -0.39 is 5.91 Å². The van der Waals surface area contributed by atoms with E-state index in [9.17, 15) is 4.79 Å². The van der Waals surface area contributed by atoms with Crippen LogP contribution in [0.3, 0.4) is 0 Å². The highest BCUT2D eigenvalue weighted by atomic mass is 35.5. The molecule has 9 heteroatoms. The third-order valence-corrected chi connectivity index (χ3v) is 5.01. The molecule has 0 saturated heterocycles. The predicted octanol–water partition coefficient (Wildman–Crippen LogP) is 6.15. The zero-order valence-corrected chi connectivity index (χ0v) is 20.0. The lowest BCUT2D eigenvalue weighted by molar-refractivity contribution is -0.123. The van der Waals surface area contributed by atoms with Crippen molar-refractivity contribution in [1.82, 2.24) is 5.43 Å². The Kier molecular flexibility index (Phi) is 9.24. The molecule has 0 aliphatic heterocycles. The maximum atomic E-state index is 12.0. The van der Waals surface area contributed by atoms with Gasteiger partial charge in [0, 0.05) is 10.0 Å². The Labute approximate surface area is 207 Å². The zero-order valence-electron chi connectivity index (χ0n) is 17.7. The number of benzene rings is 3. The van der Waals surface area contributed by atoms with Gasteiger partial charge in [0.2, 0.25) is 0 Å². The van der Waals surface area contributed by atoms with Gasteiger partial charge in [-0.15, -0.1) is 0 Å². The van der Waals surface area contributed by atoms with Crippen molar-refractivity contribution in [2.24, 2.45) is 5.10 Å². The Hall–Kier alpha value is -2.93. The van der Waals surface area contributed by atoms with Gasteiger partial charge in [0.15, 0.2) is 18.1 Å². The SMILES string of the molecule is CCOc1cc(/C=N/NC(=O)COc2ccc(Cl)cc2Cl)ccc1OCc1ccc(Cl)cc1. The maximum Gasteiger partial charge on any atom is 0.277 e. The molecule has 0 aliphatic carbocycles. The van der Waals surface area contributed by atoms with Gasteiger partial charge >= 0.3 is 0 Å². The number of halogens is 3. The van der Waals surface area contributed by atoms with E-state index >= 15 is 0 Å². The van der Waals surface area contributed by atoms with Gasteiger partial charge in [0.05, 0.1) is 17.8 Å². The van der Waals surface area contributed by atoms with E-state index in [2.05, 4.69) is 10.5 Å². The van der Waals surface area contributed by atoms with Gasteiger partial charge in [0.1, 0.15) is 12.4 Å². The van der Waals surface area contributed by atoms with Crippen molar-refractivity contribution >= 4 is 46.9 Å². The van der Waals surface area contributed by atoms with Crippen LogP contribution in [0.1, 0.15) is 18.1 Å². The van der Waals surface area contributed by atoms with Crippen LogP contribution in [0.2, 0.25) is 15.1 Å². The van der Waals surface area contributed by atoms with Gasteiger partial charge in [-0.25, -0.2) is 5.43 Å². The van der Waals surface area contributed by atoms with E-state index in [0.717, 1.165) is 11.1 Å². The maximum absolute atomic E-state index is 12.0. The van der Waals surface area contributed by atoms with Crippen LogP contribution in [0.15, 0.2) is 65.8 Å². The summed E-state index contributed by atoms with van der Waals surface area (Å²) in [6, 6.07) is 17.5. The highest BCUT2D eigenvalue weighted by Crippen LogP contribution is 2.29. The van der Waals surface area contributed by atoms with Crippen molar-refractivity contribution in [3.05, 3.63) is 86.9 Å². The molecule has 3 rings (SSSR count). The van der Waals surface area contributed by atoms with E-state index in [4.69, 9.17) is 49.0 Å². The van der Waals surface area contributed by atoms with Gasteiger partial charge < -0.3 is 14.2 Å². The summed E-state index contributed by atoms with van der Waals surface area (Å²) in [4.78, 5) is 12.0. The number of hydrazone groups is 1. The number of amides is 1. The van der Waals surface area contributed by atoms with Crippen molar-refractivity contribution in [3.8, 4) is 17.2 Å². The molecule has 1 N–H and O–H groups in total. The molecule has 1 amide bonds. The van der Waals surface area contributed by atoms with Crippen molar-refractivity contribution in [2.75, 3.05) is 13.2 Å². The minimum Gasteiger partial charge on any atom is -0.490 e. The van der Waals surface area contributed by atoms with Gasteiger partial charge in [-0.05, 0) is 66.6 Å². The van der Waals surface area contributed by atoms with Gasteiger partial charge in [-0.3, -0.25) is 4.79 Å². The van der Waals surface area contributed by atoms with Crippen LogP contribution in [0.4, 0.5) is 0 Å². The molecule has 172 valence electrons. The number of ether oxygens (including phenoxy) is 3. The normalized spacial score (nSPS) is 10.8. The molecule has 0 aliphatic rings. The molecular formula is C24H21Cl3N2O4. The number of rotatable bonds is 10. The monoisotopic (exact) mass is 506 g/mol. The molecule has 3 aromatic rings. The Bertz CT molecular complexity index is 1120. The topological polar surface area (TPSA) is 69.2 Å². The minimum absolute atomic E-state index is 0.250. The quantitative estimate of drug-likeness (QED) is 0.264. The molecule has 6 nitrogen and oxygen atoms in total. The zero-order chi connectivity index (χ0) is 23.6. The molecule has 3 aromatic carbocycles. The van der Waals surface area contributed by atoms with Crippen LogP contribution in [0.25, 0.3) is 0 Å². The summed E-state index contributed by atoms with van der Waals surface area (Å²) in [6.07, 6.45) is 1.50. The Morgan fingerprint density at radius 3 is 2.33 bits per heavy atom. The first-order valence-electron chi connectivity index (χ1n) is 9.98. The van der Waals surface area contributed by atoms with E-state index in [1.165, 1.54) is 12.3 Å². The first-order valence-corrected chi connectivity index (χ1v) is 11.1. The fourth-order valence-electron chi connectivity index (χ4n) is 2.68.